The molecule has 0 radical (unpaired) electrons. The van der Waals surface area contributed by atoms with Gasteiger partial charge in [0.2, 0.25) is 5.95 Å². The van der Waals surface area contributed by atoms with Gasteiger partial charge in [-0.25, -0.2) is 15.0 Å². The van der Waals surface area contributed by atoms with E-state index in [1.807, 2.05) is 6.92 Å². The first kappa shape index (κ1) is 25.2. The molecule has 1 N–H and O–H groups in total. The first-order valence-corrected chi connectivity index (χ1v) is 12.5. The van der Waals surface area contributed by atoms with Crippen LogP contribution in [0.1, 0.15) is 36.9 Å². The number of amides is 1. The molecule has 5 rings (SSSR count). The molecular formula is C26H29F3N6O2. The second-order valence-electron chi connectivity index (χ2n) is 9.49. The number of carbonyl (C=O) groups excluding carboxylic acids is 1. The van der Waals surface area contributed by atoms with Crippen molar-refractivity contribution in [3.63, 3.8) is 0 Å². The summed E-state index contributed by atoms with van der Waals surface area (Å²) in [6.07, 6.45) is 0.393. The summed E-state index contributed by atoms with van der Waals surface area (Å²) in [5, 5.41) is 2.65. The van der Waals surface area contributed by atoms with Crippen LogP contribution in [-0.4, -0.2) is 64.6 Å². The highest BCUT2D eigenvalue weighted by Gasteiger charge is 2.30. The van der Waals surface area contributed by atoms with E-state index in [2.05, 4.69) is 25.1 Å². The molecule has 0 spiro atoms. The Morgan fingerprint density at radius 1 is 1.00 bits per heavy atom. The number of benzene rings is 1. The van der Waals surface area contributed by atoms with Crippen LogP contribution in [0, 0.1) is 6.92 Å². The van der Waals surface area contributed by atoms with E-state index in [9.17, 15) is 18.0 Å². The quantitative estimate of drug-likeness (QED) is 0.521. The van der Waals surface area contributed by atoms with Gasteiger partial charge in [-0.2, -0.15) is 13.2 Å². The maximum absolute atomic E-state index is 12.7. The van der Waals surface area contributed by atoms with Crippen LogP contribution in [0.25, 0.3) is 11.0 Å². The van der Waals surface area contributed by atoms with E-state index in [0.717, 1.165) is 43.8 Å². The number of aromatic nitrogens is 3. The van der Waals surface area contributed by atoms with Crippen molar-refractivity contribution in [2.45, 2.75) is 44.8 Å². The van der Waals surface area contributed by atoms with Gasteiger partial charge in [-0.3, -0.25) is 4.79 Å². The number of pyridine rings is 1. The van der Waals surface area contributed by atoms with Crippen LogP contribution in [0.5, 0.6) is 5.75 Å². The summed E-state index contributed by atoms with van der Waals surface area (Å²) in [6, 6.07) is 8.28. The number of halogens is 3. The predicted molar refractivity (Wildman–Crippen MR) is 134 cm³/mol. The van der Waals surface area contributed by atoms with Gasteiger partial charge >= 0.3 is 6.18 Å². The normalized spacial score (nSPS) is 17.4. The van der Waals surface area contributed by atoms with Gasteiger partial charge in [0.25, 0.3) is 5.91 Å². The maximum Gasteiger partial charge on any atom is 0.416 e. The fourth-order valence-corrected chi connectivity index (χ4v) is 4.96. The molecule has 0 bridgehead atoms. The van der Waals surface area contributed by atoms with E-state index in [-0.39, 0.29) is 12.4 Å². The third kappa shape index (κ3) is 5.93. The summed E-state index contributed by atoms with van der Waals surface area (Å²) in [6.45, 7) is 5.77. The van der Waals surface area contributed by atoms with Crippen molar-refractivity contribution in [3.05, 3.63) is 47.7 Å². The number of fused-ring (bicyclic) bond motifs is 1. The van der Waals surface area contributed by atoms with Gasteiger partial charge in [-0.15, -0.1) is 0 Å². The zero-order chi connectivity index (χ0) is 26.0. The molecule has 3 aromatic rings. The van der Waals surface area contributed by atoms with Crippen LogP contribution >= 0.6 is 0 Å². The van der Waals surface area contributed by atoms with E-state index < -0.39 is 17.6 Å². The van der Waals surface area contributed by atoms with Crippen molar-refractivity contribution >= 4 is 28.7 Å². The second-order valence-corrected chi connectivity index (χ2v) is 9.49. The second kappa shape index (κ2) is 10.5. The van der Waals surface area contributed by atoms with Crippen molar-refractivity contribution in [2.24, 2.45) is 0 Å². The Labute approximate surface area is 212 Å². The zero-order valence-corrected chi connectivity index (χ0v) is 20.6. The lowest BCUT2D eigenvalue weighted by molar-refractivity contribution is -0.137. The summed E-state index contributed by atoms with van der Waals surface area (Å²) >= 11 is 0. The molecule has 2 saturated heterocycles. The fraction of sp³-hybridized carbons (Fsp3) is 0.462. The van der Waals surface area contributed by atoms with Gasteiger partial charge in [0, 0.05) is 19.1 Å². The van der Waals surface area contributed by atoms with E-state index in [1.165, 1.54) is 38.1 Å². The molecule has 2 aliphatic heterocycles. The van der Waals surface area contributed by atoms with E-state index in [0.29, 0.717) is 28.8 Å². The van der Waals surface area contributed by atoms with Gasteiger partial charge < -0.3 is 19.9 Å². The molecule has 0 saturated carbocycles. The lowest BCUT2D eigenvalue weighted by atomic mass is 10.0. The third-order valence-electron chi connectivity index (χ3n) is 6.93. The van der Waals surface area contributed by atoms with E-state index in [4.69, 9.17) is 9.72 Å². The Morgan fingerprint density at radius 3 is 2.38 bits per heavy atom. The van der Waals surface area contributed by atoms with Crippen LogP contribution in [-0.2, 0) is 11.0 Å². The molecule has 2 aromatic heterocycles. The van der Waals surface area contributed by atoms with Crippen molar-refractivity contribution in [1.29, 1.82) is 0 Å². The number of aryl methyl sites for hydroxylation is 1. The minimum Gasteiger partial charge on any atom is -0.484 e. The van der Waals surface area contributed by atoms with Gasteiger partial charge in [0.05, 0.1) is 16.8 Å². The molecule has 4 heterocycles. The van der Waals surface area contributed by atoms with Crippen LogP contribution < -0.4 is 15.0 Å². The van der Waals surface area contributed by atoms with Gasteiger partial charge in [-0.05, 0) is 82.1 Å². The Balaban J connectivity index is 1.19. The number of likely N-dealkylation sites (tertiary alicyclic amines) is 1. The maximum atomic E-state index is 12.7. The van der Waals surface area contributed by atoms with Crippen LogP contribution in [0.2, 0.25) is 0 Å². The van der Waals surface area contributed by atoms with Crippen LogP contribution in [0.15, 0.2) is 36.4 Å². The molecule has 0 unspecified atom stereocenters. The largest absolute Gasteiger partial charge is 0.484 e. The van der Waals surface area contributed by atoms with Gasteiger partial charge in [-0.1, -0.05) is 0 Å². The van der Waals surface area contributed by atoms with Gasteiger partial charge in [0.1, 0.15) is 17.1 Å². The summed E-state index contributed by atoms with van der Waals surface area (Å²) in [4.78, 5) is 31.1. The average molecular weight is 515 g/mol. The number of piperidine rings is 1. The Kier molecular flexibility index (Phi) is 7.14. The fourth-order valence-electron chi connectivity index (χ4n) is 4.96. The van der Waals surface area contributed by atoms with Crippen molar-refractivity contribution in [1.82, 2.24) is 19.9 Å². The number of hydrogen-bond acceptors (Lipinski definition) is 7. The number of carbonyl (C=O) groups is 1. The van der Waals surface area contributed by atoms with Crippen LogP contribution in [0.3, 0.4) is 0 Å². The summed E-state index contributed by atoms with van der Waals surface area (Å²) in [7, 11) is 0. The van der Waals surface area contributed by atoms with Crippen molar-refractivity contribution in [2.75, 3.05) is 43.0 Å². The molecule has 1 aromatic carbocycles. The highest BCUT2D eigenvalue weighted by molar-refractivity contribution is 5.92. The smallest absolute Gasteiger partial charge is 0.416 e. The molecule has 0 aliphatic carbocycles. The number of alkyl halides is 3. The summed E-state index contributed by atoms with van der Waals surface area (Å²) in [5.41, 5.74) is 1.23. The SMILES string of the molecule is Cc1nc(N2CCC(N3CCCC3)CC2)nc2ccc(NC(=O)COc3ccc(C(F)(F)F)cc3)nc12. The first-order chi connectivity index (χ1) is 17.8. The highest BCUT2D eigenvalue weighted by atomic mass is 19.4. The summed E-state index contributed by atoms with van der Waals surface area (Å²) in [5.74, 6) is 0.700. The highest BCUT2D eigenvalue weighted by Crippen LogP contribution is 2.30. The number of anilines is 2. The number of hydrogen-bond donors (Lipinski definition) is 1. The van der Waals surface area contributed by atoms with Gasteiger partial charge in [0.15, 0.2) is 6.61 Å². The van der Waals surface area contributed by atoms with E-state index in [1.54, 1.807) is 12.1 Å². The van der Waals surface area contributed by atoms with E-state index >= 15 is 0 Å². The molecule has 2 aliphatic rings. The molecule has 1 amide bonds. The first-order valence-electron chi connectivity index (χ1n) is 12.5. The number of nitrogens with zero attached hydrogens (tertiary/aromatic N) is 5. The Morgan fingerprint density at radius 2 is 1.70 bits per heavy atom. The molecule has 37 heavy (non-hydrogen) atoms. The lowest BCUT2D eigenvalue weighted by Crippen LogP contribution is -2.44. The molecule has 2 fully saturated rings. The number of ether oxygens (including phenoxy) is 1. The Bertz CT molecular complexity index is 1250. The monoisotopic (exact) mass is 514 g/mol. The average Bonchev–Trinajstić information content (AvgIpc) is 3.43. The summed E-state index contributed by atoms with van der Waals surface area (Å²) < 4.78 is 43.3. The van der Waals surface area contributed by atoms with Crippen molar-refractivity contribution < 1.29 is 22.7 Å². The minimum absolute atomic E-state index is 0.163. The number of rotatable bonds is 6. The molecule has 196 valence electrons. The van der Waals surface area contributed by atoms with Crippen LogP contribution in [0.4, 0.5) is 24.9 Å². The Hall–Kier alpha value is -3.47. The molecule has 0 atom stereocenters. The minimum atomic E-state index is -4.43. The predicted octanol–water partition coefficient (Wildman–Crippen LogP) is 4.43. The molecule has 8 nitrogen and oxygen atoms in total. The third-order valence-corrected chi connectivity index (χ3v) is 6.93. The topological polar surface area (TPSA) is 83.5 Å². The standard InChI is InChI=1S/C26H29F3N6O2/c1-17-24-21(31-25(30-17)35-14-10-19(11-15-35)34-12-2-3-13-34)8-9-22(33-24)32-23(36)16-37-20-6-4-18(5-7-20)26(27,28)29/h4-9,19H,2-3,10-16H2,1H3,(H,32,33,36). The zero-order valence-electron chi connectivity index (χ0n) is 20.6. The molecular weight excluding hydrogens is 485 g/mol. The molecule has 11 heteroatoms. The lowest BCUT2D eigenvalue weighted by Gasteiger charge is -2.36. The van der Waals surface area contributed by atoms with Crippen molar-refractivity contribution in [3.8, 4) is 5.75 Å². The number of nitrogens with one attached hydrogen (secondary N) is 1.